The van der Waals surface area contributed by atoms with Crippen molar-refractivity contribution in [2.45, 2.75) is 19.6 Å². The maximum Gasteiger partial charge on any atom is 0.236 e. The van der Waals surface area contributed by atoms with Gasteiger partial charge in [0.1, 0.15) is 5.82 Å². The highest BCUT2D eigenvalue weighted by Gasteiger charge is 2.12. The Morgan fingerprint density at radius 3 is 2.10 bits per heavy atom. The number of rotatable bonds is 4. The Hall–Kier alpha value is -1.88. The number of sulfonamides is 1. The maximum atomic E-state index is 12.8. The highest BCUT2D eigenvalue weighted by molar-refractivity contribution is 7.91. The fourth-order valence-electron chi connectivity index (χ4n) is 2.05. The zero-order valence-electron chi connectivity index (χ0n) is 11.4. The second-order valence-corrected chi connectivity index (χ2v) is 6.59. The van der Waals surface area contributed by atoms with E-state index < -0.39 is 10.0 Å². The van der Waals surface area contributed by atoms with Crippen LogP contribution in [0.2, 0.25) is 0 Å². The standard InChI is InChI=1S/C15H16FNO2S/c1-11-7-12(2)9-15(8-11)17-20(18,19)10-13-3-5-14(16)6-4-13/h3-9,17H,10H2,1-2H3. The van der Waals surface area contributed by atoms with Crippen molar-refractivity contribution in [3.63, 3.8) is 0 Å². The van der Waals surface area contributed by atoms with Crippen LogP contribution >= 0.6 is 0 Å². The molecule has 0 spiro atoms. The quantitative estimate of drug-likeness (QED) is 0.939. The van der Waals surface area contributed by atoms with Gasteiger partial charge in [-0.15, -0.1) is 0 Å². The molecule has 0 aromatic heterocycles. The van der Waals surface area contributed by atoms with Crippen molar-refractivity contribution in [3.8, 4) is 0 Å². The number of nitrogens with one attached hydrogen (secondary N) is 1. The molecule has 0 fully saturated rings. The first-order valence-electron chi connectivity index (χ1n) is 6.17. The second-order valence-electron chi connectivity index (χ2n) is 4.86. The van der Waals surface area contributed by atoms with Crippen molar-refractivity contribution in [1.82, 2.24) is 0 Å². The molecule has 0 heterocycles. The summed E-state index contributed by atoms with van der Waals surface area (Å²) in [5.41, 5.74) is 3.07. The predicted molar refractivity (Wildman–Crippen MR) is 78.6 cm³/mol. The number of hydrogen-bond donors (Lipinski definition) is 1. The van der Waals surface area contributed by atoms with Crippen LogP contribution in [-0.2, 0) is 15.8 Å². The van der Waals surface area contributed by atoms with Crippen molar-refractivity contribution in [3.05, 3.63) is 65.0 Å². The van der Waals surface area contributed by atoms with Crippen LogP contribution in [0.3, 0.4) is 0 Å². The van der Waals surface area contributed by atoms with E-state index in [1.807, 2.05) is 19.9 Å². The highest BCUT2D eigenvalue weighted by atomic mass is 32.2. The van der Waals surface area contributed by atoms with Gasteiger partial charge >= 0.3 is 0 Å². The Kier molecular flexibility index (Phi) is 4.09. The Morgan fingerprint density at radius 2 is 1.55 bits per heavy atom. The third kappa shape index (κ3) is 4.06. The van der Waals surface area contributed by atoms with E-state index in [-0.39, 0.29) is 11.6 Å². The number of halogens is 1. The molecule has 106 valence electrons. The average Bonchev–Trinajstić information content (AvgIpc) is 2.29. The molecule has 0 aliphatic rings. The third-order valence-corrected chi connectivity index (χ3v) is 4.03. The maximum absolute atomic E-state index is 12.8. The van der Waals surface area contributed by atoms with Gasteiger partial charge in [-0.05, 0) is 54.8 Å². The van der Waals surface area contributed by atoms with Crippen LogP contribution in [0.15, 0.2) is 42.5 Å². The van der Waals surface area contributed by atoms with E-state index in [0.717, 1.165) is 11.1 Å². The van der Waals surface area contributed by atoms with Crippen LogP contribution in [0.5, 0.6) is 0 Å². The smallest absolute Gasteiger partial charge is 0.236 e. The molecule has 0 saturated heterocycles. The van der Waals surface area contributed by atoms with Gasteiger partial charge in [0.2, 0.25) is 10.0 Å². The van der Waals surface area contributed by atoms with E-state index in [0.29, 0.717) is 11.3 Å². The number of hydrogen-bond acceptors (Lipinski definition) is 2. The predicted octanol–water partition coefficient (Wildman–Crippen LogP) is 3.38. The number of aryl methyl sites for hydroxylation is 2. The average molecular weight is 293 g/mol. The van der Waals surface area contributed by atoms with Crippen LogP contribution in [0.25, 0.3) is 0 Å². The fraction of sp³-hybridized carbons (Fsp3) is 0.200. The lowest BCUT2D eigenvalue weighted by molar-refractivity contribution is 0.600. The van der Waals surface area contributed by atoms with Gasteiger partial charge in [0, 0.05) is 5.69 Å². The molecule has 0 amide bonds. The van der Waals surface area contributed by atoms with Crippen LogP contribution in [0, 0.1) is 19.7 Å². The van der Waals surface area contributed by atoms with Crippen LogP contribution in [0.1, 0.15) is 16.7 Å². The lowest BCUT2D eigenvalue weighted by atomic mass is 10.1. The van der Waals surface area contributed by atoms with E-state index >= 15 is 0 Å². The lowest BCUT2D eigenvalue weighted by Gasteiger charge is -2.10. The molecule has 0 unspecified atom stereocenters. The molecule has 0 radical (unpaired) electrons. The number of anilines is 1. The van der Waals surface area contributed by atoms with Gasteiger partial charge in [-0.3, -0.25) is 4.72 Å². The molecule has 2 aromatic rings. The summed E-state index contributed by atoms with van der Waals surface area (Å²) in [4.78, 5) is 0. The molecule has 0 saturated carbocycles. The minimum absolute atomic E-state index is 0.180. The molecular weight excluding hydrogens is 277 g/mol. The molecule has 0 aliphatic heterocycles. The zero-order chi connectivity index (χ0) is 14.8. The summed E-state index contributed by atoms with van der Waals surface area (Å²) < 4.78 is 39.5. The molecule has 0 aliphatic carbocycles. The van der Waals surface area contributed by atoms with Crippen LogP contribution in [-0.4, -0.2) is 8.42 Å². The molecule has 0 bridgehead atoms. The first-order valence-corrected chi connectivity index (χ1v) is 7.82. The highest BCUT2D eigenvalue weighted by Crippen LogP contribution is 2.17. The second kappa shape index (κ2) is 5.63. The van der Waals surface area contributed by atoms with Gasteiger partial charge in [-0.1, -0.05) is 18.2 Å². The molecule has 2 rings (SSSR count). The first-order chi connectivity index (χ1) is 9.34. The van der Waals surface area contributed by atoms with Gasteiger partial charge < -0.3 is 0 Å². The van der Waals surface area contributed by atoms with Crippen molar-refractivity contribution >= 4 is 15.7 Å². The van der Waals surface area contributed by atoms with Gasteiger partial charge in [0.25, 0.3) is 0 Å². The summed E-state index contributed by atoms with van der Waals surface area (Å²) in [6, 6.07) is 11.0. The fourth-order valence-corrected chi connectivity index (χ4v) is 3.23. The Balaban J connectivity index is 2.16. The van der Waals surface area contributed by atoms with Gasteiger partial charge in [0.05, 0.1) is 5.75 Å². The lowest BCUT2D eigenvalue weighted by Crippen LogP contribution is -2.15. The van der Waals surface area contributed by atoms with E-state index in [4.69, 9.17) is 0 Å². The van der Waals surface area contributed by atoms with Crippen LogP contribution < -0.4 is 4.72 Å². The largest absolute Gasteiger partial charge is 0.283 e. The molecule has 0 atom stereocenters. The zero-order valence-corrected chi connectivity index (χ0v) is 12.2. The normalized spacial score (nSPS) is 11.3. The van der Waals surface area contributed by atoms with E-state index in [1.54, 1.807) is 12.1 Å². The van der Waals surface area contributed by atoms with Crippen molar-refractivity contribution in [2.75, 3.05) is 4.72 Å². The van der Waals surface area contributed by atoms with Gasteiger partial charge in [-0.2, -0.15) is 0 Å². The topological polar surface area (TPSA) is 46.2 Å². The summed E-state index contributed by atoms with van der Waals surface area (Å²) in [5.74, 6) is -0.561. The summed E-state index contributed by atoms with van der Waals surface area (Å²) in [6.45, 7) is 3.82. The van der Waals surface area contributed by atoms with E-state index in [1.165, 1.54) is 24.3 Å². The van der Waals surface area contributed by atoms with Crippen molar-refractivity contribution in [1.29, 1.82) is 0 Å². The molecular formula is C15H16FNO2S. The summed E-state index contributed by atoms with van der Waals surface area (Å²) in [6.07, 6.45) is 0. The van der Waals surface area contributed by atoms with Crippen molar-refractivity contribution in [2.24, 2.45) is 0 Å². The third-order valence-electron chi connectivity index (χ3n) is 2.76. The van der Waals surface area contributed by atoms with E-state index in [9.17, 15) is 12.8 Å². The van der Waals surface area contributed by atoms with Crippen molar-refractivity contribution < 1.29 is 12.8 Å². The minimum Gasteiger partial charge on any atom is -0.283 e. The number of benzene rings is 2. The summed E-state index contributed by atoms with van der Waals surface area (Å²) in [5, 5.41) is 0. The molecule has 1 N–H and O–H groups in total. The summed E-state index contributed by atoms with van der Waals surface area (Å²) >= 11 is 0. The van der Waals surface area contributed by atoms with Gasteiger partial charge in [-0.25, -0.2) is 12.8 Å². The molecule has 5 heteroatoms. The minimum atomic E-state index is -3.51. The summed E-state index contributed by atoms with van der Waals surface area (Å²) in [7, 11) is -3.51. The Labute approximate surface area is 118 Å². The van der Waals surface area contributed by atoms with E-state index in [2.05, 4.69) is 4.72 Å². The SMILES string of the molecule is Cc1cc(C)cc(NS(=O)(=O)Cc2ccc(F)cc2)c1. The Morgan fingerprint density at radius 1 is 1.00 bits per heavy atom. The molecule has 3 nitrogen and oxygen atoms in total. The monoisotopic (exact) mass is 293 g/mol. The Bertz CT molecular complexity index is 689. The van der Waals surface area contributed by atoms with Gasteiger partial charge in [0.15, 0.2) is 0 Å². The first kappa shape index (κ1) is 14.5. The molecule has 2 aromatic carbocycles. The van der Waals surface area contributed by atoms with Crippen LogP contribution in [0.4, 0.5) is 10.1 Å². The molecule has 20 heavy (non-hydrogen) atoms.